The van der Waals surface area contributed by atoms with Gasteiger partial charge in [-0.25, -0.2) is 0 Å². The molecule has 0 saturated carbocycles. The van der Waals surface area contributed by atoms with E-state index in [0.717, 1.165) is 35.6 Å². The van der Waals surface area contributed by atoms with Crippen molar-refractivity contribution in [1.82, 2.24) is 0 Å². The normalized spacial score (nSPS) is 16.2. The predicted octanol–water partition coefficient (Wildman–Crippen LogP) is 17.8. The Hall–Kier alpha value is -8.46. The molecule has 2 nitrogen and oxygen atoms in total. The second-order valence-corrected chi connectivity index (χ2v) is 19.6. The fraction of sp³-hybridized carbons (Fsp3) is 0.0882. The first kappa shape index (κ1) is 40.6. The molecule has 0 radical (unpaired) electrons. The average molecular weight is 895 g/mol. The molecule has 10 aromatic rings. The molecular weight excluding hydrogens is 845 g/mol. The summed E-state index contributed by atoms with van der Waals surface area (Å²) < 4.78 is 0. The Balaban J connectivity index is 0.846. The zero-order valence-electron chi connectivity index (χ0n) is 39.1. The van der Waals surface area contributed by atoms with Gasteiger partial charge < -0.3 is 10.2 Å². The van der Waals surface area contributed by atoms with Crippen LogP contribution < -0.4 is 10.2 Å². The first-order chi connectivity index (χ1) is 34.6. The fourth-order valence-corrected chi connectivity index (χ4v) is 12.8. The summed E-state index contributed by atoms with van der Waals surface area (Å²) in [6.07, 6.45) is 11.6. The lowest BCUT2D eigenvalue weighted by Gasteiger charge is -2.32. The number of hydrogen-bond donors (Lipinski definition) is 1. The molecule has 2 atom stereocenters. The van der Waals surface area contributed by atoms with E-state index in [9.17, 15) is 0 Å². The molecule has 10 aromatic carbocycles. The molecule has 1 N–H and O–H groups in total. The maximum Gasteiger partial charge on any atom is 0.0726 e. The van der Waals surface area contributed by atoms with E-state index < -0.39 is 5.41 Å². The maximum atomic E-state index is 3.91. The highest BCUT2D eigenvalue weighted by Crippen LogP contribution is 2.63. The first-order valence-corrected chi connectivity index (χ1v) is 24.9. The number of fused-ring (bicyclic) bond motifs is 13. The van der Waals surface area contributed by atoms with Gasteiger partial charge in [-0.15, -0.1) is 0 Å². The number of benzene rings is 10. The van der Waals surface area contributed by atoms with Gasteiger partial charge in [-0.3, -0.25) is 0 Å². The molecule has 1 spiro atoms. The molecule has 0 heterocycles. The monoisotopic (exact) mass is 894 g/mol. The number of allylic oxidation sites excluding steroid dienone is 2. The minimum absolute atomic E-state index is 0.262. The lowest BCUT2D eigenvalue weighted by Crippen LogP contribution is -2.26. The number of aryl methyl sites for hydroxylation is 1. The van der Waals surface area contributed by atoms with Crippen molar-refractivity contribution in [3.63, 3.8) is 0 Å². The van der Waals surface area contributed by atoms with Crippen LogP contribution in [0.2, 0.25) is 0 Å². The second-order valence-electron chi connectivity index (χ2n) is 19.6. The van der Waals surface area contributed by atoms with Crippen LogP contribution in [-0.4, -0.2) is 0 Å². The summed E-state index contributed by atoms with van der Waals surface area (Å²) in [5.74, 6) is 0.635. The van der Waals surface area contributed by atoms with Crippen LogP contribution in [0.4, 0.5) is 28.4 Å². The summed E-state index contributed by atoms with van der Waals surface area (Å²) in [6, 6.07) is 81.6. The Bertz CT molecular complexity index is 3710. The number of hydrogen-bond acceptors (Lipinski definition) is 2. The third kappa shape index (κ3) is 6.12. The zero-order chi connectivity index (χ0) is 46.3. The van der Waals surface area contributed by atoms with Crippen LogP contribution in [0.5, 0.6) is 0 Å². The van der Waals surface area contributed by atoms with E-state index in [2.05, 4.69) is 260 Å². The molecule has 0 amide bonds. The molecule has 2 heteroatoms. The summed E-state index contributed by atoms with van der Waals surface area (Å²) in [5.41, 5.74) is 25.1. The predicted molar refractivity (Wildman–Crippen MR) is 294 cm³/mol. The summed E-state index contributed by atoms with van der Waals surface area (Å²) in [7, 11) is 0. The van der Waals surface area contributed by atoms with E-state index in [1.54, 1.807) is 0 Å². The standard InChI is InChI=1S/C68H50N2/c1-44-29-30-48-16-3-6-20-54(48)66(44)67-55-21-7-4-17-49(55)35-42-64(67)69-50-36-31-45(32-37-50)46-33-38-51(39-34-46)70(65-28-14-18-47-15-2-5-19-53(47)65)52-40-41-59-58-24-10-13-27-62(58)68(63(59)43-52)60-25-11-8-22-56(60)57-23-9-12-26-61(57)68/h2-3,5-16,18-44,66,69H,4,17H2,1H3. The van der Waals surface area contributed by atoms with Gasteiger partial charge in [0, 0.05) is 34.1 Å². The lowest BCUT2D eigenvalue weighted by molar-refractivity contribution is 0.618. The molecule has 0 saturated heterocycles. The number of nitrogens with one attached hydrogen (secondary N) is 1. The molecular formula is C68H50N2. The Morgan fingerprint density at radius 2 is 1.13 bits per heavy atom. The average Bonchev–Trinajstić information content (AvgIpc) is 3.89. The van der Waals surface area contributed by atoms with E-state index in [0.29, 0.717) is 5.92 Å². The highest BCUT2D eigenvalue weighted by atomic mass is 15.1. The van der Waals surface area contributed by atoms with E-state index in [-0.39, 0.29) is 5.92 Å². The van der Waals surface area contributed by atoms with E-state index >= 15 is 0 Å². The van der Waals surface area contributed by atoms with Crippen molar-refractivity contribution in [1.29, 1.82) is 0 Å². The largest absolute Gasteiger partial charge is 0.355 e. The summed E-state index contributed by atoms with van der Waals surface area (Å²) >= 11 is 0. The van der Waals surface area contributed by atoms with Crippen molar-refractivity contribution < 1.29 is 0 Å². The van der Waals surface area contributed by atoms with Crippen molar-refractivity contribution in [2.45, 2.75) is 31.1 Å². The summed E-state index contributed by atoms with van der Waals surface area (Å²) in [4.78, 5) is 2.47. The van der Waals surface area contributed by atoms with Gasteiger partial charge in [0.05, 0.1) is 11.1 Å². The van der Waals surface area contributed by atoms with Crippen LogP contribution in [0, 0.1) is 5.92 Å². The van der Waals surface area contributed by atoms with Crippen molar-refractivity contribution in [2.75, 3.05) is 10.2 Å². The molecule has 0 bridgehead atoms. The van der Waals surface area contributed by atoms with Crippen molar-refractivity contribution in [2.24, 2.45) is 5.92 Å². The minimum atomic E-state index is -0.431. The Morgan fingerprint density at radius 1 is 0.514 bits per heavy atom. The Morgan fingerprint density at radius 3 is 1.87 bits per heavy atom. The van der Waals surface area contributed by atoms with Gasteiger partial charge in [0.2, 0.25) is 0 Å². The van der Waals surface area contributed by atoms with Gasteiger partial charge >= 0.3 is 0 Å². The molecule has 4 aliphatic carbocycles. The molecule has 2 unspecified atom stereocenters. The van der Waals surface area contributed by atoms with Gasteiger partial charge in [0.15, 0.2) is 0 Å². The number of nitrogens with zero attached hydrogens (tertiary/aromatic N) is 1. The van der Waals surface area contributed by atoms with Crippen molar-refractivity contribution in [3.8, 4) is 33.4 Å². The smallest absolute Gasteiger partial charge is 0.0726 e. The molecule has 332 valence electrons. The third-order valence-corrected chi connectivity index (χ3v) is 15.9. The Kier molecular flexibility index (Phi) is 9.32. The quantitative estimate of drug-likeness (QED) is 0.171. The maximum absolute atomic E-state index is 3.91. The van der Waals surface area contributed by atoms with Crippen LogP contribution in [0.15, 0.2) is 231 Å². The minimum Gasteiger partial charge on any atom is -0.355 e. The summed E-state index contributed by atoms with van der Waals surface area (Å²) in [6.45, 7) is 2.36. The van der Waals surface area contributed by atoms with Crippen LogP contribution >= 0.6 is 0 Å². The van der Waals surface area contributed by atoms with Crippen molar-refractivity contribution in [3.05, 3.63) is 281 Å². The highest BCUT2D eigenvalue weighted by molar-refractivity contribution is 6.01. The van der Waals surface area contributed by atoms with Gasteiger partial charge in [0.1, 0.15) is 0 Å². The van der Waals surface area contributed by atoms with Crippen LogP contribution in [0.3, 0.4) is 0 Å². The van der Waals surface area contributed by atoms with Crippen LogP contribution in [0.1, 0.15) is 69.3 Å². The van der Waals surface area contributed by atoms with Gasteiger partial charge in [-0.2, -0.15) is 0 Å². The Labute approximate surface area is 410 Å². The lowest BCUT2D eigenvalue weighted by atomic mass is 9.70. The first-order valence-electron chi connectivity index (χ1n) is 24.9. The van der Waals surface area contributed by atoms with Crippen molar-refractivity contribution >= 4 is 51.4 Å². The molecule has 0 aromatic heterocycles. The van der Waals surface area contributed by atoms with Crippen LogP contribution in [-0.2, 0) is 11.8 Å². The number of anilines is 5. The molecule has 14 rings (SSSR count). The molecule has 70 heavy (non-hydrogen) atoms. The highest BCUT2D eigenvalue weighted by Gasteiger charge is 2.51. The second kappa shape index (κ2) is 16.1. The van der Waals surface area contributed by atoms with E-state index in [4.69, 9.17) is 0 Å². The molecule has 0 fully saturated rings. The zero-order valence-corrected chi connectivity index (χ0v) is 39.1. The third-order valence-electron chi connectivity index (χ3n) is 15.9. The topological polar surface area (TPSA) is 15.3 Å². The SMILES string of the molecule is CC1C=Cc2ccccc2C1c1c(Nc2ccc(-c3ccc(N(c4ccc5c(c4)C4(c6ccccc6-c6ccccc64)c4ccccc4-5)c4cccc5ccccc45)cc3)cc2)ccc2c1C=CCC2. The van der Waals surface area contributed by atoms with Crippen LogP contribution in [0.25, 0.3) is 56.3 Å². The number of rotatable bonds is 7. The molecule has 0 aliphatic heterocycles. The fourth-order valence-electron chi connectivity index (χ4n) is 12.8. The van der Waals surface area contributed by atoms with E-state index in [1.807, 2.05) is 0 Å². The van der Waals surface area contributed by atoms with Gasteiger partial charge in [-0.1, -0.05) is 201 Å². The van der Waals surface area contributed by atoms with Gasteiger partial charge in [0.25, 0.3) is 0 Å². The van der Waals surface area contributed by atoms with E-state index in [1.165, 1.54) is 99.9 Å². The molecule has 4 aliphatic rings. The summed E-state index contributed by atoms with van der Waals surface area (Å²) in [5, 5.41) is 6.34. The van der Waals surface area contributed by atoms with Gasteiger partial charge in [-0.05, 0) is 156 Å².